The summed E-state index contributed by atoms with van der Waals surface area (Å²) in [5.41, 5.74) is 1.89. The number of ether oxygens (including phenoxy) is 2. The van der Waals surface area contributed by atoms with E-state index in [0.29, 0.717) is 21.9 Å². The van der Waals surface area contributed by atoms with Crippen molar-refractivity contribution in [3.63, 3.8) is 0 Å². The first kappa shape index (κ1) is 23.7. The number of methoxy groups -OCH3 is 1. The molecule has 0 aliphatic carbocycles. The molecule has 3 aromatic carbocycles. The summed E-state index contributed by atoms with van der Waals surface area (Å²) in [6.07, 6.45) is 1.39. The average molecular weight is 491 g/mol. The Hall–Kier alpha value is -4.43. The van der Waals surface area contributed by atoms with Crippen LogP contribution in [0.3, 0.4) is 0 Å². The highest BCUT2D eigenvalue weighted by molar-refractivity contribution is 6.39. The summed E-state index contributed by atoms with van der Waals surface area (Å²) in [6, 6.07) is 18.9. The first-order valence-corrected chi connectivity index (χ1v) is 10.8. The van der Waals surface area contributed by atoms with Gasteiger partial charge in [0.2, 0.25) is 0 Å². The maximum Gasteiger partial charge on any atom is 0.337 e. The molecule has 1 aliphatic heterocycles. The van der Waals surface area contributed by atoms with E-state index >= 15 is 0 Å². The first-order chi connectivity index (χ1) is 16.9. The van der Waals surface area contributed by atoms with Crippen molar-refractivity contribution in [3.8, 4) is 5.75 Å². The highest BCUT2D eigenvalue weighted by Gasteiger charge is 2.36. The van der Waals surface area contributed by atoms with Crippen molar-refractivity contribution in [2.45, 2.75) is 6.61 Å². The zero-order chi connectivity index (χ0) is 24.9. The monoisotopic (exact) mass is 490 g/mol. The smallest absolute Gasteiger partial charge is 0.337 e. The minimum absolute atomic E-state index is 0.199. The van der Waals surface area contributed by atoms with Gasteiger partial charge >= 0.3 is 12.0 Å². The van der Waals surface area contributed by atoms with Crippen LogP contribution in [0.2, 0.25) is 5.02 Å². The van der Waals surface area contributed by atoms with E-state index in [1.54, 1.807) is 60.7 Å². The lowest BCUT2D eigenvalue weighted by atomic mass is 10.1. The van der Waals surface area contributed by atoms with Gasteiger partial charge in [-0.1, -0.05) is 35.9 Å². The molecule has 0 bridgehead atoms. The van der Waals surface area contributed by atoms with E-state index in [1.807, 2.05) is 0 Å². The summed E-state index contributed by atoms with van der Waals surface area (Å²) >= 11 is 5.89. The van der Waals surface area contributed by atoms with E-state index in [2.05, 4.69) is 10.1 Å². The molecule has 0 atom stereocenters. The highest BCUT2D eigenvalue weighted by atomic mass is 35.5. The number of halogens is 1. The molecule has 1 N–H and O–H groups in total. The van der Waals surface area contributed by atoms with E-state index in [9.17, 15) is 19.2 Å². The molecule has 4 amide bonds. The molecule has 0 unspecified atom stereocenters. The molecule has 8 nitrogen and oxygen atoms in total. The van der Waals surface area contributed by atoms with Gasteiger partial charge in [-0.15, -0.1) is 0 Å². The third kappa shape index (κ3) is 5.39. The number of rotatable bonds is 6. The standard InChI is InChI=1S/C26H19ClN2O6/c1-34-25(32)18-7-5-16(6-8-18)15-35-21-4-2-3-17(13-21)14-22-23(30)28-26(33)29(24(22)31)20-11-9-19(27)10-12-20/h2-14H,15H2,1H3,(H,28,30,33). The molecule has 9 heteroatoms. The zero-order valence-electron chi connectivity index (χ0n) is 18.5. The molecule has 0 aromatic heterocycles. The Morgan fingerprint density at radius 1 is 1.00 bits per heavy atom. The lowest BCUT2D eigenvalue weighted by Gasteiger charge is -2.26. The number of nitrogens with one attached hydrogen (secondary N) is 1. The minimum Gasteiger partial charge on any atom is -0.489 e. The Morgan fingerprint density at radius 3 is 2.40 bits per heavy atom. The molecule has 1 fully saturated rings. The fraction of sp³-hybridized carbons (Fsp3) is 0.0769. The number of anilines is 1. The fourth-order valence-corrected chi connectivity index (χ4v) is 3.49. The van der Waals surface area contributed by atoms with Crippen LogP contribution in [0, 0.1) is 0 Å². The van der Waals surface area contributed by atoms with Crippen molar-refractivity contribution in [1.29, 1.82) is 0 Å². The minimum atomic E-state index is -0.838. The van der Waals surface area contributed by atoms with Gasteiger partial charge in [0.15, 0.2) is 0 Å². The Kier molecular flexibility index (Phi) is 6.93. The highest BCUT2D eigenvalue weighted by Crippen LogP contribution is 2.24. The van der Waals surface area contributed by atoms with Crippen LogP contribution in [0.4, 0.5) is 10.5 Å². The molecule has 1 heterocycles. The van der Waals surface area contributed by atoms with E-state index in [4.69, 9.17) is 16.3 Å². The Morgan fingerprint density at radius 2 is 1.71 bits per heavy atom. The van der Waals surface area contributed by atoms with E-state index < -0.39 is 23.8 Å². The summed E-state index contributed by atoms with van der Waals surface area (Å²) in [5, 5.41) is 2.63. The predicted octanol–water partition coefficient (Wildman–Crippen LogP) is 4.37. The number of barbiturate groups is 1. The molecule has 4 rings (SSSR count). The maximum atomic E-state index is 13.0. The summed E-state index contributed by atoms with van der Waals surface area (Å²) in [7, 11) is 1.32. The molecule has 1 saturated heterocycles. The van der Waals surface area contributed by atoms with Crippen LogP contribution in [0.25, 0.3) is 6.08 Å². The molecule has 1 aliphatic rings. The molecule has 3 aromatic rings. The van der Waals surface area contributed by atoms with Crippen LogP contribution < -0.4 is 15.0 Å². The van der Waals surface area contributed by atoms with Crippen LogP contribution in [-0.4, -0.2) is 30.9 Å². The second-order valence-electron chi connectivity index (χ2n) is 7.48. The largest absolute Gasteiger partial charge is 0.489 e. The van der Waals surface area contributed by atoms with Gasteiger partial charge in [0.1, 0.15) is 17.9 Å². The molecule has 35 heavy (non-hydrogen) atoms. The summed E-state index contributed by atoms with van der Waals surface area (Å²) in [5.74, 6) is -1.46. The third-order valence-corrected chi connectivity index (χ3v) is 5.39. The molecule has 0 radical (unpaired) electrons. The van der Waals surface area contributed by atoms with Gasteiger partial charge in [-0.2, -0.15) is 0 Å². The van der Waals surface area contributed by atoms with Crippen LogP contribution in [0.15, 0.2) is 78.4 Å². The van der Waals surface area contributed by atoms with Gasteiger partial charge < -0.3 is 9.47 Å². The summed E-state index contributed by atoms with van der Waals surface area (Å²) < 4.78 is 10.5. The van der Waals surface area contributed by atoms with Gasteiger partial charge in [-0.05, 0) is 65.7 Å². The normalized spacial score (nSPS) is 14.6. The van der Waals surface area contributed by atoms with Gasteiger partial charge in [-0.3, -0.25) is 14.9 Å². The Labute approximate surface area is 205 Å². The summed E-state index contributed by atoms with van der Waals surface area (Å²) in [4.78, 5) is 50.2. The van der Waals surface area contributed by atoms with E-state index in [0.717, 1.165) is 10.5 Å². The van der Waals surface area contributed by atoms with E-state index in [-0.39, 0.29) is 17.9 Å². The number of amides is 4. The van der Waals surface area contributed by atoms with Crippen molar-refractivity contribution in [2.75, 3.05) is 12.0 Å². The van der Waals surface area contributed by atoms with Gasteiger partial charge in [0.25, 0.3) is 11.8 Å². The van der Waals surface area contributed by atoms with Gasteiger partial charge in [0, 0.05) is 5.02 Å². The Balaban J connectivity index is 1.51. The van der Waals surface area contributed by atoms with Gasteiger partial charge in [0.05, 0.1) is 18.4 Å². The number of urea groups is 1. The third-order valence-electron chi connectivity index (χ3n) is 5.14. The molecular weight excluding hydrogens is 472 g/mol. The average Bonchev–Trinajstić information content (AvgIpc) is 2.86. The first-order valence-electron chi connectivity index (χ1n) is 10.4. The number of hydrogen-bond donors (Lipinski definition) is 1. The molecule has 0 saturated carbocycles. The SMILES string of the molecule is COC(=O)c1ccc(COc2cccc(C=C3C(=O)NC(=O)N(c4ccc(Cl)cc4)C3=O)c2)cc1. The van der Waals surface area contributed by atoms with Crippen molar-refractivity contribution < 1.29 is 28.7 Å². The topological polar surface area (TPSA) is 102 Å². The number of nitrogens with zero attached hydrogens (tertiary/aromatic N) is 1. The van der Waals surface area contributed by atoms with Crippen molar-refractivity contribution in [2.24, 2.45) is 0 Å². The van der Waals surface area contributed by atoms with Crippen LogP contribution in [-0.2, 0) is 20.9 Å². The maximum absolute atomic E-state index is 13.0. The molecule has 0 spiro atoms. The van der Waals surface area contributed by atoms with Crippen molar-refractivity contribution in [3.05, 3.63) is 100 Å². The Bertz CT molecular complexity index is 1330. The number of imide groups is 2. The fourth-order valence-electron chi connectivity index (χ4n) is 3.36. The second kappa shape index (κ2) is 10.2. The van der Waals surface area contributed by atoms with Crippen molar-refractivity contribution in [1.82, 2.24) is 5.32 Å². The predicted molar refractivity (Wildman–Crippen MR) is 129 cm³/mol. The number of carbonyl (C=O) groups is 4. The number of hydrogen-bond acceptors (Lipinski definition) is 6. The molecular formula is C26H19ClN2O6. The van der Waals surface area contributed by atoms with E-state index in [1.165, 1.54) is 25.3 Å². The summed E-state index contributed by atoms with van der Waals surface area (Å²) in [6.45, 7) is 0.236. The van der Waals surface area contributed by atoms with Crippen LogP contribution in [0.1, 0.15) is 21.5 Å². The lowest BCUT2D eigenvalue weighted by molar-refractivity contribution is -0.122. The van der Waals surface area contributed by atoms with Crippen molar-refractivity contribution >= 4 is 47.2 Å². The number of benzene rings is 3. The second-order valence-corrected chi connectivity index (χ2v) is 7.92. The van der Waals surface area contributed by atoms with Crippen LogP contribution in [0.5, 0.6) is 5.75 Å². The molecule has 176 valence electrons. The lowest BCUT2D eigenvalue weighted by Crippen LogP contribution is -2.54. The zero-order valence-corrected chi connectivity index (χ0v) is 19.2. The number of carbonyl (C=O) groups excluding carboxylic acids is 4. The van der Waals surface area contributed by atoms with Crippen LogP contribution >= 0.6 is 11.6 Å². The van der Waals surface area contributed by atoms with Gasteiger partial charge in [-0.25, -0.2) is 14.5 Å². The number of esters is 1. The quantitative estimate of drug-likeness (QED) is 0.313.